The smallest absolute Gasteiger partial charge is 0.287 e. The van der Waals surface area contributed by atoms with E-state index in [9.17, 15) is 4.79 Å². The van der Waals surface area contributed by atoms with Gasteiger partial charge >= 0.3 is 0 Å². The van der Waals surface area contributed by atoms with E-state index in [2.05, 4.69) is 11.4 Å². The highest BCUT2D eigenvalue weighted by Gasteiger charge is 2.12. The molecule has 0 aliphatic rings. The van der Waals surface area contributed by atoms with Gasteiger partial charge in [0.05, 0.1) is 0 Å². The first kappa shape index (κ1) is 13.4. The minimum atomic E-state index is -0.235. The number of furan rings is 1. The number of rotatable bonds is 4. The summed E-state index contributed by atoms with van der Waals surface area (Å²) >= 11 is 0. The van der Waals surface area contributed by atoms with Gasteiger partial charge in [0.2, 0.25) is 0 Å². The molecule has 0 fully saturated rings. The lowest BCUT2D eigenvalue weighted by Gasteiger charge is -2.04. The highest BCUT2D eigenvalue weighted by molar-refractivity contribution is 5.92. The molecule has 4 heteroatoms. The van der Waals surface area contributed by atoms with E-state index >= 15 is 0 Å². The fraction of sp³-hybridized carbons (Fsp3) is 0.267. The quantitative estimate of drug-likeness (QED) is 0.883. The van der Waals surface area contributed by atoms with Gasteiger partial charge < -0.3 is 15.5 Å². The Kier molecular flexibility index (Phi) is 4.02. The van der Waals surface area contributed by atoms with Crippen molar-refractivity contribution >= 4 is 5.91 Å². The summed E-state index contributed by atoms with van der Waals surface area (Å²) < 4.78 is 5.60. The minimum absolute atomic E-state index is 0.235. The average molecular weight is 258 g/mol. The Morgan fingerprint density at radius 2 is 2.05 bits per heavy atom. The van der Waals surface area contributed by atoms with Gasteiger partial charge in [0.25, 0.3) is 5.91 Å². The SMILES string of the molecule is Cc1ccc(-c2ccc(C(=O)NCCN)o2)c(C)c1. The minimum Gasteiger partial charge on any atom is -0.451 e. The Morgan fingerprint density at radius 3 is 2.74 bits per heavy atom. The second kappa shape index (κ2) is 5.71. The summed E-state index contributed by atoms with van der Waals surface area (Å²) in [6.45, 7) is 4.93. The topological polar surface area (TPSA) is 68.3 Å². The molecule has 0 radical (unpaired) electrons. The van der Waals surface area contributed by atoms with Crippen LogP contribution < -0.4 is 11.1 Å². The zero-order chi connectivity index (χ0) is 13.8. The first-order chi connectivity index (χ1) is 9.11. The first-order valence-electron chi connectivity index (χ1n) is 6.27. The molecule has 0 saturated carbocycles. The Hall–Kier alpha value is -2.07. The van der Waals surface area contributed by atoms with Crippen molar-refractivity contribution in [1.82, 2.24) is 5.32 Å². The summed E-state index contributed by atoms with van der Waals surface area (Å²) in [5.41, 5.74) is 8.67. The maximum absolute atomic E-state index is 11.7. The average Bonchev–Trinajstić information content (AvgIpc) is 2.85. The first-order valence-corrected chi connectivity index (χ1v) is 6.27. The van der Waals surface area contributed by atoms with Crippen molar-refractivity contribution in [2.45, 2.75) is 13.8 Å². The van der Waals surface area contributed by atoms with Crippen LogP contribution in [-0.2, 0) is 0 Å². The van der Waals surface area contributed by atoms with E-state index in [1.54, 1.807) is 6.07 Å². The summed E-state index contributed by atoms with van der Waals surface area (Å²) in [5.74, 6) is 0.778. The van der Waals surface area contributed by atoms with Gasteiger partial charge in [-0.05, 0) is 31.5 Å². The van der Waals surface area contributed by atoms with E-state index in [0.717, 1.165) is 11.1 Å². The third-order valence-corrected chi connectivity index (χ3v) is 2.91. The number of carbonyl (C=O) groups excluding carboxylic acids is 1. The molecule has 0 spiro atoms. The van der Waals surface area contributed by atoms with E-state index in [0.29, 0.717) is 24.6 Å². The van der Waals surface area contributed by atoms with Crippen molar-refractivity contribution in [3.63, 3.8) is 0 Å². The number of nitrogens with one attached hydrogen (secondary N) is 1. The van der Waals surface area contributed by atoms with Crippen LogP contribution in [0.4, 0.5) is 0 Å². The van der Waals surface area contributed by atoms with Crippen LogP contribution >= 0.6 is 0 Å². The van der Waals surface area contributed by atoms with E-state index in [-0.39, 0.29) is 5.91 Å². The predicted molar refractivity (Wildman–Crippen MR) is 75.0 cm³/mol. The van der Waals surface area contributed by atoms with Gasteiger partial charge in [-0.2, -0.15) is 0 Å². The summed E-state index contributed by atoms with van der Waals surface area (Å²) in [5, 5.41) is 2.68. The van der Waals surface area contributed by atoms with E-state index in [1.807, 2.05) is 32.0 Å². The molecule has 0 aliphatic heterocycles. The van der Waals surface area contributed by atoms with Crippen LogP contribution in [0.3, 0.4) is 0 Å². The molecular formula is C15H18N2O2. The van der Waals surface area contributed by atoms with Crippen LogP contribution in [0.25, 0.3) is 11.3 Å². The zero-order valence-electron chi connectivity index (χ0n) is 11.2. The van der Waals surface area contributed by atoms with E-state index in [1.165, 1.54) is 5.56 Å². The normalized spacial score (nSPS) is 10.5. The molecule has 3 N–H and O–H groups in total. The van der Waals surface area contributed by atoms with Crippen molar-refractivity contribution in [2.75, 3.05) is 13.1 Å². The lowest BCUT2D eigenvalue weighted by Crippen LogP contribution is -2.28. The number of benzene rings is 1. The van der Waals surface area contributed by atoms with Crippen molar-refractivity contribution in [1.29, 1.82) is 0 Å². The predicted octanol–water partition coefficient (Wildman–Crippen LogP) is 2.25. The summed E-state index contributed by atoms with van der Waals surface area (Å²) in [7, 11) is 0. The van der Waals surface area contributed by atoms with Crippen LogP contribution in [0.1, 0.15) is 21.7 Å². The number of hydrogen-bond acceptors (Lipinski definition) is 3. The summed E-state index contributed by atoms with van der Waals surface area (Å²) in [6, 6.07) is 9.62. The summed E-state index contributed by atoms with van der Waals surface area (Å²) in [4.78, 5) is 11.7. The highest BCUT2D eigenvalue weighted by Crippen LogP contribution is 2.26. The molecule has 19 heavy (non-hydrogen) atoms. The maximum atomic E-state index is 11.7. The third-order valence-electron chi connectivity index (χ3n) is 2.91. The van der Waals surface area contributed by atoms with Crippen LogP contribution in [-0.4, -0.2) is 19.0 Å². The standard InChI is InChI=1S/C15H18N2O2/c1-10-3-4-12(11(2)9-10)13-5-6-14(19-13)15(18)17-8-7-16/h3-6,9H,7-8,16H2,1-2H3,(H,17,18). The molecule has 2 aromatic rings. The largest absolute Gasteiger partial charge is 0.451 e. The fourth-order valence-corrected chi connectivity index (χ4v) is 1.97. The molecular weight excluding hydrogens is 240 g/mol. The second-order valence-corrected chi connectivity index (χ2v) is 4.53. The summed E-state index contributed by atoms with van der Waals surface area (Å²) in [6.07, 6.45) is 0. The van der Waals surface area contributed by atoms with Gasteiger partial charge in [-0.25, -0.2) is 0 Å². The zero-order valence-corrected chi connectivity index (χ0v) is 11.2. The number of carbonyl (C=O) groups is 1. The van der Waals surface area contributed by atoms with Crippen LogP contribution in [0.15, 0.2) is 34.7 Å². The molecule has 4 nitrogen and oxygen atoms in total. The fourth-order valence-electron chi connectivity index (χ4n) is 1.97. The van der Waals surface area contributed by atoms with Crippen molar-refractivity contribution in [3.05, 3.63) is 47.2 Å². The number of aryl methyl sites for hydroxylation is 2. The number of nitrogens with two attached hydrogens (primary N) is 1. The van der Waals surface area contributed by atoms with E-state index < -0.39 is 0 Å². The lowest BCUT2D eigenvalue weighted by molar-refractivity contribution is 0.0928. The lowest BCUT2D eigenvalue weighted by atomic mass is 10.0. The van der Waals surface area contributed by atoms with Crippen LogP contribution in [0.2, 0.25) is 0 Å². The molecule has 0 atom stereocenters. The van der Waals surface area contributed by atoms with Gasteiger partial charge in [-0.1, -0.05) is 23.8 Å². The molecule has 0 bridgehead atoms. The van der Waals surface area contributed by atoms with Crippen LogP contribution in [0, 0.1) is 13.8 Å². The third kappa shape index (κ3) is 3.03. The van der Waals surface area contributed by atoms with Crippen molar-refractivity contribution < 1.29 is 9.21 Å². The van der Waals surface area contributed by atoms with Crippen LogP contribution in [0.5, 0.6) is 0 Å². The second-order valence-electron chi connectivity index (χ2n) is 4.53. The van der Waals surface area contributed by atoms with Gasteiger partial charge in [0, 0.05) is 18.7 Å². The molecule has 100 valence electrons. The van der Waals surface area contributed by atoms with Crippen molar-refractivity contribution in [3.8, 4) is 11.3 Å². The Morgan fingerprint density at radius 1 is 1.26 bits per heavy atom. The van der Waals surface area contributed by atoms with Gasteiger partial charge in [-0.15, -0.1) is 0 Å². The van der Waals surface area contributed by atoms with Gasteiger partial charge in [0.15, 0.2) is 5.76 Å². The molecule has 1 aromatic heterocycles. The molecule has 0 aliphatic carbocycles. The number of hydrogen-bond donors (Lipinski definition) is 2. The molecule has 1 aromatic carbocycles. The molecule has 1 amide bonds. The van der Waals surface area contributed by atoms with E-state index in [4.69, 9.17) is 10.2 Å². The monoisotopic (exact) mass is 258 g/mol. The molecule has 1 heterocycles. The van der Waals surface area contributed by atoms with Gasteiger partial charge in [-0.3, -0.25) is 4.79 Å². The number of amides is 1. The Balaban J connectivity index is 2.23. The molecule has 2 rings (SSSR count). The van der Waals surface area contributed by atoms with Crippen molar-refractivity contribution in [2.24, 2.45) is 5.73 Å². The Labute approximate surface area is 112 Å². The maximum Gasteiger partial charge on any atom is 0.287 e. The highest BCUT2D eigenvalue weighted by atomic mass is 16.3. The molecule has 0 unspecified atom stereocenters. The Bertz CT molecular complexity index is 588. The van der Waals surface area contributed by atoms with Gasteiger partial charge in [0.1, 0.15) is 5.76 Å². The molecule has 0 saturated heterocycles.